The van der Waals surface area contributed by atoms with Crippen LogP contribution in [0.4, 0.5) is 0 Å². The van der Waals surface area contributed by atoms with Crippen molar-refractivity contribution in [2.45, 2.75) is 25.9 Å². The minimum atomic E-state index is -0.346. The van der Waals surface area contributed by atoms with E-state index >= 15 is 0 Å². The molecule has 0 aromatic carbocycles. The van der Waals surface area contributed by atoms with Gasteiger partial charge < -0.3 is 15.0 Å². The van der Waals surface area contributed by atoms with Gasteiger partial charge in [0.05, 0.1) is 18.4 Å². The predicted octanol–water partition coefficient (Wildman–Crippen LogP) is 1.30. The Kier molecular flexibility index (Phi) is 5.09. The first-order valence-corrected chi connectivity index (χ1v) is 7.05. The number of nitrogens with one attached hydrogen (secondary N) is 1. The smallest absolute Gasteiger partial charge is 0.339 e. The van der Waals surface area contributed by atoms with Gasteiger partial charge in [-0.1, -0.05) is 6.92 Å². The SMILES string of the molecule is COC(=O)c1ccc(CNC2CCN(C)CC2C)nc1. The molecule has 2 atom stereocenters. The molecule has 20 heavy (non-hydrogen) atoms. The van der Waals surface area contributed by atoms with Crippen molar-refractivity contribution >= 4 is 5.97 Å². The Bertz CT molecular complexity index is 447. The highest BCUT2D eigenvalue weighted by Crippen LogP contribution is 2.15. The maximum Gasteiger partial charge on any atom is 0.339 e. The van der Waals surface area contributed by atoms with Crippen molar-refractivity contribution in [3.63, 3.8) is 0 Å². The summed E-state index contributed by atoms with van der Waals surface area (Å²) in [6, 6.07) is 4.17. The second-order valence-electron chi connectivity index (χ2n) is 5.55. The predicted molar refractivity (Wildman–Crippen MR) is 77.5 cm³/mol. The molecule has 1 aliphatic heterocycles. The van der Waals surface area contributed by atoms with Gasteiger partial charge in [0.1, 0.15) is 0 Å². The molecule has 1 aromatic rings. The minimum Gasteiger partial charge on any atom is -0.465 e. The fourth-order valence-electron chi connectivity index (χ4n) is 2.66. The fraction of sp³-hybridized carbons (Fsp3) is 0.600. The Labute approximate surface area is 120 Å². The van der Waals surface area contributed by atoms with Crippen LogP contribution in [0.15, 0.2) is 18.3 Å². The van der Waals surface area contributed by atoms with Crippen molar-refractivity contribution < 1.29 is 9.53 Å². The Morgan fingerprint density at radius 2 is 2.35 bits per heavy atom. The second kappa shape index (κ2) is 6.81. The molecule has 1 saturated heterocycles. The number of likely N-dealkylation sites (tertiary alicyclic amines) is 1. The van der Waals surface area contributed by atoms with E-state index in [0.29, 0.717) is 17.5 Å². The molecule has 1 fully saturated rings. The number of nitrogens with zero attached hydrogens (tertiary/aromatic N) is 2. The molecule has 0 saturated carbocycles. The van der Waals surface area contributed by atoms with E-state index in [2.05, 4.69) is 33.9 Å². The molecule has 0 radical (unpaired) electrons. The Morgan fingerprint density at radius 3 is 2.95 bits per heavy atom. The number of esters is 1. The summed E-state index contributed by atoms with van der Waals surface area (Å²) < 4.78 is 4.66. The quantitative estimate of drug-likeness (QED) is 0.841. The van der Waals surface area contributed by atoms with Crippen molar-refractivity contribution in [3.05, 3.63) is 29.6 Å². The first kappa shape index (κ1) is 14.9. The molecular weight excluding hydrogens is 254 g/mol. The van der Waals surface area contributed by atoms with Crippen LogP contribution in [0.5, 0.6) is 0 Å². The van der Waals surface area contributed by atoms with E-state index in [1.54, 1.807) is 12.3 Å². The summed E-state index contributed by atoms with van der Waals surface area (Å²) in [6.45, 7) is 5.28. The number of aromatic nitrogens is 1. The summed E-state index contributed by atoms with van der Waals surface area (Å²) in [5.74, 6) is 0.295. The van der Waals surface area contributed by atoms with Crippen molar-refractivity contribution in [1.29, 1.82) is 0 Å². The van der Waals surface area contributed by atoms with Crippen molar-refractivity contribution in [2.24, 2.45) is 5.92 Å². The van der Waals surface area contributed by atoms with Crippen LogP contribution in [0.25, 0.3) is 0 Å². The van der Waals surface area contributed by atoms with Gasteiger partial charge >= 0.3 is 5.97 Å². The van der Waals surface area contributed by atoms with Crippen LogP contribution in [0.1, 0.15) is 29.4 Å². The van der Waals surface area contributed by atoms with E-state index in [0.717, 1.165) is 31.7 Å². The molecular formula is C15H23N3O2. The van der Waals surface area contributed by atoms with Gasteiger partial charge in [-0.3, -0.25) is 4.98 Å². The lowest BCUT2D eigenvalue weighted by Gasteiger charge is -2.35. The average molecular weight is 277 g/mol. The number of hydrogen-bond acceptors (Lipinski definition) is 5. The van der Waals surface area contributed by atoms with Crippen LogP contribution in [-0.2, 0) is 11.3 Å². The summed E-state index contributed by atoms with van der Waals surface area (Å²) >= 11 is 0. The highest BCUT2D eigenvalue weighted by molar-refractivity contribution is 5.88. The number of piperidine rings is 1. The summed E-state index contributed by atoms with van der Waals surface area (Å²) in [4.78, 5) is 18.0. The van der Waals surface area contributed by atoms with Crippen LogP contribution in [0.2, 0.25) is 0 Å². The van der Waals surface area contributed by atoms with Gasteiger partial charge in [0, 0.05) is 25.3 Å². The van der Waals surface area contributed by atoms with Crippen molar-refractivity contribution in [3.8, 4) is 0 Å². The molecule has 0 amide bonds. The lowest BCUT2D eigenvalue weighted by atomic mass is 9.94. The zero-order valence-corrected chi connectivity index (χ0v) is 12.4. The number of rotatable bonds is 4. The number of ether oxygens (including phenoxy) is 1. The largest absolute Gasteiger partial charge is 0.465 e. The number of pyridine rings is 1. The number of carbonyl (C=O) groups is 1. The van der Waals surface area contributed by atoms with Crippen molar-refractivity contribution in [1.82, 2.24) is 15.2 Å². The number of hydrogen-bond donors (Lipinski definition) is 1. The Morgan fingerprint density at radius 1 is 1.55 bits per heavy atom. The topological polar surface area (TPSA) is 54.5 Å². The van der Waals surface area contributed by atoms with Gasteiger partial charge in [0.2, 0.25) is 0 Å². The summed E-state index contributed by atoms with van der Waals surface area (Å²) in [5, 5.41) is 3.57. The molecule has 1 N–H and O–H groups in total. The van der Waals surface area contributed by atoms with E-state index < -0.39 is 0 Å². The van der Waals surface area contributed by atoms with Crippen LogP contribution < -0.4 is 5.32 Å². The molecule has 0 spiro atoms. The van der Waals surface area contributed by atoms with Gasteiger partial charge in [-0.2, -0.15) is 0 Å². The third-order valence-corrected chi connectivity index (χ3v) is 3.90. The van der Waals surface area contributed by atoms with E-state index in [1.807, 2.05) is 6.07 Å². The van der Waals surface area contributed by atoms with Gasteiger partial charge in [0.15, 0.2) is 0 Å². The third kappa shape index (κ3) is 3.77. The van der Waals surface area contributed by atoms with Gasteiger partial charge in [-0.25, -0.2) is 4.79 Å². The molecule has 0 bridgehead atoms. The zero-order chi connectivity index (χ0) is 14.5. The maximum atomic E-state index is 11.3. The van der Waals surface area contributed by atoms with Crippen LogP contribution >= 0.6 is 0 Å². The van der Waals surface area contributed by atoms with Gasteiger partial charge in [-0.05, 0) is 38.1 Å². The molecule has 1 aliphatic rings. The highest BCUT2D eigenvalue weighted by Gasteiger charge is 2.23. The van der Waals surface area contributed by atoms with E-state index in [4.69, 9.17) is 0 Å². The number of methoxy groups -OCH3 is 1. The van der Waals surface area contributed by atoms with Crippen LogP contribution in [-0.4, -0.2) is 49.1 Å². The molecule has 2 heterocycles. The van der Waals surface area contributed by atoms with Gasteiger partial charge in [0.25, 0.3) is 0 Å². The fourth-order valence-corrected chi connectivity index (χ4v) is 2.66. The van der Waals surface area contributed by atoms with Crippen molar-refractivity contribution in [2.75, 3.05) is 27.2 Å². The number of carbonyl (C=O) groups excluding carboxylic acids is 1. The zero-order valence-electron chi connectivity index (χ0n) is 12.4. The lowest BCUT2D eigenvalue weighted by Crippen LogP contribution is -2.46. The van der Waals surface area contributed by atoms with Crippen LogP contribution in [0.3, 0.4) is 0 Å². The first-order valence-electron chi connectivity index (χ1n) is 7.05. The first-order chi connectivity index (χ1) is 9.60. The molecule has 2 rings (SSSR count). The maximum absolute atomic E-state index is 11.3. The lowest BCUT2D eigenvalue weighted by molar-refractivity contribution is 0.0600. The normalized spacial score (nSPS) is 23.6. The molecule has 110 valence electrons. The summed E-state index contributed by atoms with van der Waals surface area (Å²) in [5.41, 5.74) is 1.44. The average Bonchev–Trinajstić information content (AvgIpc) is 2.46. The molecule has 1 aromatic heterocycles. The Hall–Kier alpha value is -1.46. The van der Waals surface area contributed by atoms with Gasteiger partial charge in [-0.15, -0.1) is 0 Å². The van der Waals surface area contributed by atoms with Crippen LogP contribution in [0, 0.1) is 5.92 Å². The third-order valence-electron chi connectivity index (χ3n) is 3.90. The molecule has 2 unspecified atom stereocenters. The molecule has 0 aliphatic carbocycles. The van der Waals surface area contributed by atoms with E-state index in [9.17, 15) is 4.79 Å². The van der Waals surface area contributed by atoms with E-state index in [1.165, 1.54) is 7.11 Å². The molecule has 5 heteroatoms. The summed E-state index contributed by atoms with van der Waals surface area (Å²) in [7, 11) is 3.54. The standard InChI is InChI=1S/C15H23N3O2/c1-11-10-18(2)7-6-14(11)17-9-13-5-4-12(8-16-13)15(19)20-3/h4-5,8,11,14,17H,6-7,9-10H2,1-3H3. The van der Waals surface area contributed by atoms with E-state index in [-0.39, 0.29) is 5.97 Å². The Balaban J connectivity index is 1.86. The monoisotopic (exact) mass is 277 g/mol. The highest BCUT2D eigenvalue weighted by atomic mass is 16.5. The minimum absolute atomic E-state index is 0.346. The summed E-state index contributed by atoms with van der Waals surface area (Å²) in [6.07, 6.45) is 2.73. The molecule has 5 nitrogen and oxygen atoms in total. The second-order valence-corrected chi connectivity index (χ2v) is 5.55.